The van der Waals surface area contributed by atoms with Crippen LogP contribution in [0.15, 0.2) is 48.5 Å². The molecule has 0 unspecified atom stereocenters. The predicted molar refractivity (Wildman–Crippen MR) is 132 cm³/mol. The van der Waals surface area contributed by atoms with Gasteiger partial charge in [0.1, 0.15) is 5.75 Å². The highest BCUT2D eigenvalue weighted by Gasteiger charge is 2.27. The molecule has 0 spiro atoms. The summed E-state index contributed by atoms with van der Waals surface area (Å²) in [5.41, 5.74) is 3.80. The maximum absolute atomic E-state index is 6.40. The molecule has 1 aliphatic carbocycles. The molecule has 1 aliphatic rings. The maximum Gasteiger partial charge on any atom is 0.127 e. The molecular formula is C29H42O2. The summed E-state index contributed by atoms with van der Waals surface area (Å²) in [6.07, 6.45) is 15.8. The van der Waals surface area contributed by atoms with Crippen LogP contribution in [0.4, 0.5) is 0 Å². The zero-order valence-electron chi connectivity index (χ0n) is 19.8. The first-order valence-corrected chi connectivity index (χ1v) is 12.7. The van der Waals surface area contributed by atoms with Crippen molar-refractivity contribution >= 4 is 0 Å². The molecule has 0 aliphatic heterocycles. The van der Waals surface area contributed by atoms with E-state index in [0.29, 0.717) is 12.0 Å². The summed E-state index contributed by atoms with van der Waals surface area (Å²) < 4.78 is 12.2. The lowest BCUT2D eigenvalue weighted by molar-refractivity contribution is 0.0523. The Balaban J connectivity index is 1.63. The predicted octanol–water partition coefficient (Wildman–Crippen LogP) is 8.55. The normalized spacial score (nSPS) is 18.8. The minimum absolute atomic E-state index is 0.330. The molecule has 1 fully saturated rings. The Bertz CT molecular complexity index is 740. The average Bonchev–Trinajstić information content (AvgIpc) is 2.83. The molecule has 3 rings (SSSR count). The van der Waals surface area contributed by atoms with E-state index in [-0.39, 0.29) is 0 Å². The van der Waals surface area contributed by atoms with E-state index in [2.05, 4.69) is 55.5 Å². The molecule has 170 valence electrons. The molecule has 0 aromatic heterocycles. The van der Waals surface area contributed by atoms with Crippen molar-refractivity contribution in [2.75, 3.05) is 13.7 Å². The topological polar surface area (TPSA) is 18.5 Å². The lowest BCUT2D eigenvalue weighted by Gasteiger charge is -2.31. The van der Waals surface area contributed by atoms with Gasteiger partial charge < -0.3 is 9.47 Å². The molecule has 0 radical (unpaired) electrons. The summed E-state index contributed by atoms with van der Waals surface area (Å²) in [5, 5.41) is 0. The molecule has 1 saturated carbocycles. The van der Waals surface area contributed by atoms with E-state index in [1.807, 2.05) is 7.11 Å². The minimum Gasteiger partial charge on any atom is -0.493 e. The monoisotopic (exact) mass is 422 g/mol. The van der Waals surface area contributed by atoms with Crippen LogP contribution in [0.5, 0.6) is 5.75 Å². The second kappa shape index (κ2) is 13.6. The summed E-state index contributed by atoms with van der Waals surface area (Å²) in [5.74, 6) is 1.51. The van der Waals surface area contributed by atoms with E-state index in [1.54, 1.807) is 0 Å². The quantitative estimate of drug-likeness (QED) is 0.301. The highest BCUT2D eigenvalue weighted by atomic mass is 16.5. The Morgan fingerprint density at radius 3 is 2.26 bits per heavy atom. The van der Waals surface area contributed by atoms with Gasteiger partial charge in [-0.25, -0.2) is 0 Å². The molecule has 2 aromatic carbocycles. The van der Waals surface area contributed by atoms with Crippen molar-refractivity contribution in [2.45, 2.75) is 96.0 Å². The fourth-order valence-electron chi connectivity index (χ4n) is 4.92. The third-order valence-electron chi connectivity index (χ3n) is 6.78. The molecule has 0 heterocycles. The van der Waals surface area contributed by atoms with Crippen molar-refractivity contribution in [2.24, 2.45) is 0 Å². The Kier molecular flexibility index (Phi) is 10.4. The van der Waals surface area contributed by atoms with Crippen LogP contribution < -0.4 is 4.74 Å². The maximum atomic E-state index is 6.40. The molecule has 2 aromatic rings. The molecule has 0 amide bonds. The molecule has 2 heteroatoms. The number of hydrogen-bond donors (Lipinski definition) is 0. The Labute approximate surface area is 190 Å². The standard InChI is InChI=1S/C29H42O2/c1-3-4-5-6-7-8-9-15-22-31-29-23-25(26-18-13-14-19-28(26)30-2)20-21-27(29)24-16-11-10-12-17-24/h10-12,16-17,20-21,23,26,28H,3-9,13-15,18-19,22H2,1-2H3/t26-,28+/m1/s1. The first kappa shape index (κ1) is 23.9. The number of hydrogen-bond acceptors (Lipinski definition) is 2. The van der Waals surface area contributed by atoms with Gasteiger partial charge >= 0.3 is 0 Å². The van der Waals surface area contributed by atoms with Gasteiger partial charge in [-0.05, 0) is 36.5 Å². The van der Waals surface area contributed by atoms with E-state index in [9.17, 15) is 0 Å². The van der Waals surface area contributed by atoms with Crippen molar-refractivity contribution in [3.05, 3.63) is 54.1 Å². The van der Waals surface area contributed by atoms with Crippen LogP contribution in [-0.4, -0.2) is 19.8 Å². The van der Waals surface area contributed by atoms with Gasteiger partial charge in [0, 0.05) is 18.6 Å². The van der Waals surface area contributed by atoms with Crippen LogP contribution in [0.3, 0.4) is 0 Å². The van der Waals surface area contributed by atoms with Crippen LogP contribution in [0.2, 0.25) is 0 Å². The van der Waals surface area contributed by atoms with Gasteiger partial charge in [0.15, 0.2) is 0 Å². The smallest absolute Gasteiger partial charge is 0.127 e. The van der Waals surface area contributed by atoms with Crippen LogP contribution >= 0.6 is 0 Å². The average molecular weight is 423 g/mol. The number of rotatable bonds is 13. The first-order chi connectivity index (χ1) is 15.3. The molecule has 2 nitrogen and oxygen atoms in total. The lowest BCUT2D eigenvalue weighted by atomic mass is 9.81. The Morgan fingerprint density at radius 1 is 0.806 bits per heavy atom. The van der Waals surface area contributed by atoms with Crippen molar-refractivity contribution in [3.63, 3.8) is 0 Å². The molecule has 2 atom stereocenters. The summed E-state index contributed by atoms with van der Waals surface area (Å²) in [7, 11) is 1.86. The van der Waals surface area contributed by atoms with Crippen LogP contribution in [0.25, 0.3) is 11.1 Å². The molecule has 0 bridgehead atoms. The third-order valence-corrected chi connectivity index (χ3v) is 6.78. The molecular weight excluding hydrogens is 380 g/mol. The number of ether oxygens (including phenoxy) is 2. The van der Waals surface area contributed by atoms with Gasteiger partial charge in [0.25, 0.3) is 0 Å². The van der Waals surface area contributed by atoms with Gasteiger partial charge in [0.05, 0.1) is 12.7 Å². The second-order valence-electron chi connectivity index (χ2n) is 9.11. The van der Waals surface area contributed by atoms with Crippen LogP contribution in [0, 0.1) is 0 Å². The minimum atomic E-state index is 0.330. The van der Waals surface area contributed by atoms with Crippen molar-refractivity contribution < 1.29 is 9.47 Å². The fraction of sp³-hybridized carbons (Fsp3) is 0.586. The summed E-state index contributed by atoms with van der Waals surface area (Å²) >= 11 is 0. The van der Waals surface area contributed by atoms with Gasteiger partial charge in [-0.3, -0.25) is 0 Å². The van der Waals surface area contributed by atoms with Crippen LogP contribution in [-0.2, 0) is 4.74 Å². The molecule has 0 saturated heterocycles. The van der Waals surface area contributed by atoms with Crippen molar-refractivity contribution in [3.8, 4) is 16.9 Å². The summed E-state index contributed by atoms with van der Waals surface area (Å²) in [4.78, 5) is 0. The second-order valence-corrected chi connectivity index (χ2v) is 9.11. The van der Waals surface area contributed by atoms with Gasteiger partial charge in [-0.2, -0.15) is 0 Å². The van der Waals surface area contributed by atoms with Crippen LogP contribution in [0.1, 0.15) is 95.5 Å². The number of methoxy groups -OCH3 is 1. The van der Waals surface area contributed by atoms with E-state index >= 15 is 0 Å². The lowest BCUT2D eigenvalue weighted by Crippen LogP contribution is -2.24. The zero-order valence-corrected chi connectivity index (χ0v) is 19.8. The summed E-state index contributed by atoms with van der Waals surface area (Å²) in [6, 6.07) is 17.5. The van der Waals surface area contributed by atoms with Crippen molar-refractivity contribution in [1.82, 2.24) is 0 Å². The first-order valence-electron chi connectivity index (χ1n) is 12.7. The van der Waals surface area contributed by atoms with Crippen molar-refractivity contribution in [1.29, 1.82) is 0 Å². The fourth-order valence-corrected chi connectivity index (χ4v) is 4.92. The SMILES string of the molecule is CCCCCCCCCCOc1cc([C@H]2CCCC[C@@H]2OC)ccc1-c1ccccc1. The van der Waals surface area contributed by atoms with E-state index in [4.69, 9.17) is 9.47 Å². The largest absolute Gasteiger partial charge is 0.493 e. The Morgan fingerprint density at radius 2 is 1.52 bits per heavy atom. The number of benzene rings is 2. The van der Waals surface area contributed by atoms with E-state index in [1.165, 1.54) is 80.9 Å². The summed E-state index contributed by atoms with van der Waals surface area (Å²) in [6.45, 7) is 3.08. The van der Waals surface area contributed by atoms with E-state index < -0.39 is 0 Å². The Hall–Kier alpha value is -1.80. The number of unbranched alkanes of at least 4 members (excludes halogenated alkanes) is 7. The van der Waals surface area contributed by atoms with E-state index in [0.717, 1.165) is 25.2 Å². The zero-order chi connectivity index (χ0) is 21.7. The van der Waals surface area contributed by atoms with Gasteiger partial charge in [-0.1, -0.05) is 107 Å². The highest BCUT2D eigenvalue weighted by Crippen LogP contribution is 2.39. The molecule has 31 heavy (non-hydrogen) atoms. The van der Waals surface area contributed by atoms with Gasteiger partial charge in [0.2, 0.25) is 0 Å². The third kappa shape index (κ3) is 7.38. The molecule has 0 N–H and O–H groups in total. The van der Waals surface area contributed by atoms with Gasteiger partial charge in [-0.15, -0.1) is 0 Å². The highest BCUT2D eigenvalue weighted by molar-refractivity contribution is 5.71.